The molecular weight excluding hydrogens is 364 g/mol. The lowest BCUT2D eigenvalue weighted by molar-refractivity contribution is -0.136. The maximum Gasteiger partial charge on any atom is 0.303 e. The number of aromatic nitrogens is 4. The van der Waals surface area contributed by atoms with E-state index in [0.717, 1.165) is 44.5 Å². The number of hydrogen-bond acceptors (Lipinski definition) is 4. The Bertz CT molecular complexity index is 1180. The van der Waals surface area contributed by atoms with Crippen molar-refractivity contribution in [3.05, 3.63) is 66.1 Å². The summed E-state index contributed by atoms with van der Waals surface area (Å²) in [5, 5.41) is 14.8. The van der Waals surface area contributed by atoms with Gasteiger partial charge in [-0.2, -0.15) is 5.10 Å². The van der Waals surface area contributed by atoms with Gasteiger partial charge in [0.05, 0.1) is 11.9 Å². The third-order valence-electron chi connectivity index (χ3n) is 4.99. The van der Waals surface area contributed by atoms with Crippen LogP contribution in [0, 0.1) is 6.92 Å². The van der Waals surface area contributed by atoms with E-state index < -0.39 is 5.97 Å². The normalized spacial score (nSPS) is 11.1. The first kappa shape index (κ1) is 18.8. The minimum absolute atomic E-state index is 0.0289. The topological polar surface area (TPSA) is 80.9 Å². The predicted octanol–water partition coefficient (Wildman–Crippen LogP) is 4.51. The largest absolute Gasteiger partial charge is 0.481 e. The van der Waals surface area contributed by atoms with E-state index in [1.165, 1.54) is 0 Å². The second-order valence-corrected chi connectivity index (χ2v) is 7.02. The van der Waals surface area contributed by atoms with Gasteiger partial charge in [0, 0.05) is 47.4 Å². The molecule has 3 aromatic heterocycles. The Morgan fingerprint density at radius 2 is 1.90 bits per heavy atom. The van der Waals surface area contributed by atoms with Crippen LogP contribution in [0.1, 0.15) is 24.5 Å². The number of aryl methyl sites for hydroxylation is 2. The van der Waals surface area contributed by atoms with Crippen LogP contribution in [0.15, 0.2) is 55.0 Å². The molecule has 6 heteroatoms. The van der Waals surface area contributed by atoms with Gasteiger partial charge in [-0.15, -0.1) is 0 Å². The van der Waals surface area contributed by atoms with Crippen molar-refractivity contribution in [2.75, 3.05) is 0 Å². The van der Waals surface area contributed by atoms with Crippen LogP contribution in [-0.4, -0.2) is 30.8 Å². The monoisotopic (exact) mass is 386 g/mol. The molecule has 0 amide bonds. The lowest BCUT2D eigenvalue weighted by atomic mass is 9.91. The summed E-state index contributed by atoms with van der Waals surface area (Å²) in [6.07, 6.45) is 5.86. The van der Waals surface area contributed by atoms with Gasteiger partial charge in [0.2, 0.25) is 0 Å². The molecule has 29 heavy (non-hydrogen) atoms. The smallest absolute Gasteiger partial charge is 0.303 e. The predicted molar refractivity (Wildman–Crippen MR) is 113 cm³/mol. The summed E-state index contributed by atoms with van der Waals surface area (Å²) in [6.45, 7) is 4.73. The van der Waals surface area contributed by atoms with Gasteiger partial charge in [0.25, 0.3) is 0 Å². The van der Waals surface area contributed by atoms with Crippen molar-refractivity contribution in [1.29, 1.82) is 0 Å². The molecule has 4 aromatic rings. The molecule has 1 N–H and O–H groups in total. The van der Waals surface area contributed by atoms with Crippen molar-refractivity contribution in [3.8, 4) is 22.4 Å². The van der Waals surface area contributed by atoms with E-state index >= 15 is 0 Å². The number of carbonyl (C=O) groups is 1. The number of aliphatic carboxylic acids is 1. The fourth-order valence-electron chi connectivity index (χ4n) is 3.69. The van der Waals surface area contributed by atoms with E-state index in [4.69, 9.17) is 4.98 Å². The van der Waals surface area contributed by atoms with Gasteiger partial charge in [-0.25, -0.2) is 9.67 Å². The van der Waals surface area contributed by atoms with Crippen LogP contribution < -0.4 is 0 Å². The highest BCUT2D eigenvalue weighted by molar-refractivity contribution is 5.98. The molecule has 0 aliphatic rings. The number of pyridine rings is 2. The molecule has 6 nitrogen and oxygen atoms in total. The Balaban J connectivity index is 2.09. The molecule has 1 aromatic carbocycles. The van der Waals surface area contributed by atoms with Gasteiger partial charge >= 0.3 is 5.97 Å². The van der Waals surface area contributed by atoms with Crippen molar-refractivity contribution in [2.45, 2.75) is 33.2 Å². The molecule has 146 valence electrons. The molecule has 0 saturated carbocycles. The van der Waals surface area contributed by atoms with Gasteiger partial charge in [-0.1, -0.05) is 30.3 Å². The third-order valence-corrected chi connectivity index (χ3v) is 4.99. The van der Waals surface area contributed by atoms with E-state index in [2.05, 4.69) is 16.1 Å². The zero-order valence-corrected chi connectivity index (χ0v) is 16.5. The number of fused-ring (bicyclic) bond motifs is 1. The molecule has 3 heterocycles. The fourth-order valence-corrected chi connectivity index (χ4v) is 3.69. The highest BCUT2D eigenvalue weighted by atomic mass is 16.4. The summed E-state index contributed by atoms with van der Waals surface area (Å²) in [7, 11) is 0. The summed E-state index contributed by atoms with van der Waals surface area (Å²) in [6, 6.07) is 12.0. The van der Waals surface area contributed by atoms with Crippen molar-refractivity contribution < 1.29 is 9.90 Å². The number of carboxylic acids is 1. The van der Waals surface area contributed by atoms with Crippen LogP contribution >= 0.6 is 0 Å². The van der Waals surface area contributed by atoms with Gasteiger partial charge < -0.3 is 5.11 Å². The maximum atomic E-state index is 11.4. The summed E-state index contributed by atoms with van der Waals surface area (Å²) in [5.41, 5.74) is 6.42. The summed E-state index contributed by atoms with van der Waals surface area (Å²) < 4.78 is 1.87. The van der Waals surface area contributed by atoms with E-state index in [-0.39, 0.29) is 6.42 Å². The van der Waals surface area contributed by atoms with Gasteiger partial charge in [-0.3, -0.25) is 9.78 Å². The Morgan fingerprint density at radius 1 is 1.10 bits per heavy atom. The zero-order valence-electron chi connectivity index (χ0n) is 16.5. The molecule has 0 spiro atoms. The highest BCUT2D eigenvalue weighted by Gasteiger charge is 2.21. The minimum Gasteiger partial charge on any atom is -0.481 e. The second kappa shape index (κ2) is 7.83. The molecule has 4 rings (SSSR count). The molecular formula is C23H22N4O2. The first-order valence-electron chi connectivity index (χ1n) is 9.66. The SMILES string of the molecule is CCn1ncc2c(-c3cncc(C)c3)c(CCC(=O)O)c(-c3ccccc3)nc21. The molecule has 0 aliphatic heterocycles. The van der Waals surface area contributed by atoms with E-state index in [1.807, 2.05) is 67.5 Å². The maximum absolute atomic E-state index is 11.4. The summed E-state index contributed by atoms with van der Waals surface area (Å²) in [4.78, 5) is 20.7. The molecule has 0 atom stereocenters. The van der Waals surface area contributed by atoms with Crippen molar-refractivity contribution in [2.24, 2.45) is 0 Å². The molecule has 0 aliphatic carbocycles. The second-order valence-electron chi connectivity index (χ2n) is 7.02. The first-order valence-corrected chi connectivity index (χ1v) is 9.66. The molecule has 0 saturated heterocycles. The number of rotatable bonds is 6. The van der Waals surface area contributed by atoms with E-state index in [9.17, 15) is 9.90 Å². The van der Waals surface area contributed by atoms with Crippen molar-refractivity contribution in [1.82, 2.24) is 19.7 Å². The van der Waals surface area contributed by atoms with Crippen LogP contribution in [0.3, 0.4) is 0 Å². The molecule has 0 bridgehead atoms. The summed E-state index contributed by atoms with van der Waals surface area (Å²) >= 11 is 0. The molecule has 0 fully saturated rings. The lowest BCUT2D eigenvalue weighted by Crippen LogP contribution is -2.05. The highest BCUT2D eigenvalue weighted by Crippen LogP contribution is 2.37. The molecule has 0 unspecified atom stereocenters. The average Bonchev–Trinajstić information content (AvgIpc) is 3.14. The first-order chi connectivity index (χ1) is 14.1. The number of benzene rings is 1. The van der Waals surface area contributed by atoms with Crippen LogP contribution in [0.25, 0.3) is 33.4 Å². The standard InChI is InChI=1S/C23H22N4O2/c1-3-27-23-19(14-25-27)21(17-11-15(2)12-24-13-17)18(9-10-20(28)29)22(26-23)16-7-5-4-6-8-16/h4-8,11-14H,3,9-10H2,1-2H3,(H,28,29). The average molecular weight is 386 g/mol. The van der Waals surface area contributed by atoms with Crippen LogP contribution in [0.2, 0.25) is 0 Å². The van der Waals surface area contributed by atoms with Crippen LogP contribution in [-0.2, 0) is 17.8 Å². The Morgan fingerprint density at radius 3 is 2.59 bits per heavy atom. The third kappa shape index (κ3) is 3.61. The molecule has 0 radical (unpaired) electrons. The van der Waals surface area contributed by atoms with E-state index in [0.29, 0.717) is 13.0 Å². The Kier molecular flexibility index (Phi) is 5.08. The van der Waals surface area contributed by atoms with Gasteiger partial charge in [0.1, 0.15) is 0 Å². The quantitative estimate of drug-likeness (QED) is 0.527. The van der Waals surface area contributed by atoms with Crippen LogP contribution in [0.4, 0.5) is 0 Å². The van der Waals surface area contributed by atoms with Gasteiger partial charge in [0.15, 0.2) is 5.65 Å². The number of nitrogens with zero attached hydrogens (tertiary/aromatic N) is 4. The van der Waals surface area contributed by atoms with Crippen molar-refractivity contribution >= 4 is 17.0 Å². The Labute approximate surface area is 168 Å². The van der Waals surface area contributed by atoms with Gasteiger partial charge in [-0.05, 0) is 37.5 Å². The zero-order chi connectivity index (χ0) is 20.4. The number of hydrogen-bond donors (Lipinski definition) is 1. The number of carboxylic acid groups (broad SMARTS) is 1. The van der Waals surface area contributed by atoms with Crippen LogP contribution in [0.5, 0.6) is 0 Å². The fraction of sp³-hybridized carbons (Fsp3) is 0.217. The van der Waals surface area contributed by atoms with E-state index in [1.54, 1.807) is 0 Å². The summed E-state index contributed by atoms with van der Waals surface area (Å²) in [5.74, 6) is -0.832. The van der Waals surface area contributed by atoms with Crippen molar-refractivity contribution in [3.63, 3.8) is 0 Å². The lowest BCUT2D eigenvalue weighted by Gasteiger charge is -2.16. The Hall–Kier alpha value is -3.54. The minimum atomic E-state index is -0.832.